The Hall–Kier alpha value is -0.500. The summed E-state index contributed by atoms with van der Waals surface area (Å²) < 4.78 is 0. The van der Waals surface area contributed by atoms with Crippen LogP contribution in [0.25, 0.3) is 6.08 Å². The van der Waals surface area contributed by atoms with Crippen LogP contribution in [0.3, 0.4) is 0 Å². The molecule has 82 valence electrons. The summed E-state index contributed by atoms with van der Waals surface area (Å²) in [5.74, 6) is 0. The molecule has 1 aromatic rings. The molecule has 0 spiro atoms. The van der Waals surface area contributed by atoms with Crippen LogP contribution < -0.4 is 5.32 Å². The second kappa shape index (κ2) is 6.16. The molecule has 0 aliphatic carbocycles. The van der Waals surface area contributed by atoms with Crippen LogP contribution in [0.15, 0.2) is 24.3 Å². The molecule has 0 saturated carbocycles. The molecule has 1 nitrogen and oxygen atoms in total. The topological polar surface area (TPSA) is 12.0 Å². The highest BCUT2D eigenvalue weighted by Crippen LogP contribution is 2.23. The van der Waals surface area contributed by atoms with Gasteiger partial charge >= 0.3 is 0 Å². The third kappa shape index (κ3) is 4.25. The van der Waals surface area contributed by atoms with Gasteiger partial charge in [0.2, 0.25) is 0 Å². The van der Waals surface area contributed by atoms with Crippen LogP contribution in [0, 0.1) is 0 Å². The van der Waals surface area contributed by atoms with E-state index in [4.69, 9.17) is 23.2 Å². The maximum absolute atomic E-state index is 5.90. The molecule has 0 radical (unpaired) electrons. The lowest BCUT2D eigenvalue weighted by Gasteiger charge is -2.05. The van der Waals surface area contributed by atoms with Crippen LogP contribution in [0.5, 0.6) is 0 Å². The summed E-state index contributed by atoms with van der Waals surface area (Å²) in [5.41, 5.74) is 1.08. The molecule has 1 atom stereocenters. The lowest BCUT2D eigenvalue weighted by atomic mass is 10.1. The molecule has 15 heavy (non-hydrogen) atoms. The molecule has 0 bridgehead atoms. The first-order valence-electron chi connectivity index (χ1n) is 4.92. The third-order valence-electron chi connectivity index (χ3n) is 2.24. The van der Waals surface area contributed by atoms with Gasteiger partial charge in [0.15, 0.2) is 0 Å². The van der Waals surface area contributed by atoms with Crippen molar-refractivity contribution in [2.24, 2.45) is 0 Å². The Kier molecular flexibility index (Phi) is 5.16. The second-order valence-electron chi connectivity index (χ2n) is 3.50. The Morgan fingerprint density at radius 1 is 1.33 bits per heavy atom. The predicted octanol–water partition coefficient (Wildman–Crippen LogP) is 4.00. The number of benzene rings is 1. The van der Waals surface area contributed by atoms with Gasteiger partial charge in [-0.25, -0.2) is 0 Å². The molecule has 0 aliphatic heterocycles. The highest BCUT2D eigenvalue weighted by molar-refractivity contribution is 6.42. The minimum absolute atomic E-state index is 0.490. The zero-order chi connectivity index (χ0) is 11.3. The zero-order valence-corrected chi connectivity index (χ0v) is 10.4. The molecule has 0 unspecified atom stereocenters. The fourth-order valence-corrected chi connectivity index (χ4v) is 1.45. The summed E-state index contributed by atoms with van der Waals surface area (Å²) in [5, 5.41) is 4.37. The minimum atomic E-state index is 0.490. The molecule has 1 aromatic carbocycles. The van der Waals surface area contributed by atoms with Crippen molar-refractivity contribution in [2.45, 2.75) is 19.4 Å². The minimum Gasteiger partial charge on any atom is -0.317 e. The van der Waals surface area contributed by atoms with Gasteiger partial charge in [-0.3, -0.25) is 0 Å². The summed E-state index contributed by atoms with van der Waals surface area (Å²) >= 11 is 11.7. The van der Waals surface area contributed by atoms with E-state index in [1.54, 1.807) is 0 Å². The van der Waals surface area contributed by atoms with Crippen LogP contribution in [0.4, 0.5) is 0 Å². The SMILES string of the molecule is CN[C@H](C)C/C=C/c1ccc(Cl)c(Cl)c1. The number of hydrogen-bond donors (Lipinski definition) is 1. The van der Waals surface area contributed by atoms with Crippen molar-refractivity contribution in [1.82, 2.24) is 5.32 Å². The summed E-state index contributed by atoms with van der Waals surface area (Å²) in [6, 6.07) is 6.12. The quantitative estimate of drug-likeness (QED) is 0.843. The van der Waals surface area contributed by atoms with Crippen molar-refractivity contribution in [1.29, 1.82) is 0 Å². The molecule has 0 aromatic heterocycles. The van der Waals surface area contributed by atoms with E-state index in [0.717, 1.165) is 12.0 Å². The first kappa shape index (κ1) is 12.6. The standard InChI is InChI=1S/C12H15Cl2N/c1-9(15-2)4-3-5-10-6-7-11(13)12(14)8-10/h3,5-9,15H,4H2,1-2H3/b5-3+/t9-/m1/s1. The maximum atomic E-state index is 5.90. The molecule has 1 rings (SSSR count). The van der Waals surface area contributed by atoms with Gasteiger partial charge in [0.05, 0.1) is 10.0 Å². The van der Waals surface area contributed by atoms with E-state index in [9.17, 15) is 0 Å². The maximum Gasteiger partial charge on any atom is 0.0598 e. The van der Waals surface area contributed by atoms with E-state index in [1.807, 2.05) is 25.2 Å². The molecule has 0 aliphatic rings. The number of rotatable bonds is 4. The highest BCUT2D eigenvalue weighted by Gasteiger charge is 1.97. The average Bonchev–Trinajstić information content (AvgIpc) is 2.23. The average molecular weight is 244 g/mol. The third-order valence-corrected chi connectivity index (χ3v) is 2.98. The van der Waals surface area contributed by atoms with Crippen molar-refractivity contribution in [2.75, 3.05) is 7.05 Å². The van der Waals surface area contributed by atoms with E-state index < -0.39 is 0 Å². The molecular weight excluding hydrogens is 229 g/mol. The Morgan fingerprint density at radius 3 is 2.67 bits per heavy atom. The Bertz CT molecular complexity index is 347. The molecule has 3 heteroatoms. The van der Waals surface area contributed by atoms with Crippen LogP contribution in [0.2, 0.25) is 10.0 Å². The largest absolute Gasteiger partial charge is 0.317 e. The van der Waals surface area contributed by atoms with Crippen molar-refractivity contribution >= 4 is 29.3 Å². The monoisotopic (exact) mass is 243 g/mol. The fraction of sp³-hybridized carbons (Fsp3) is 0.333. The van der Waals surface area contributed by atoms with E-state index in [-0.39, 0.29) is 0 Å². The Balaban J connectivity index is 2.61. The van der Waals surface area contributed by atoms with E-state index >= 15 is 0 Å². The highest BCUT2D eigenvalue weighted by atomic mass is 35.5. The molecule has 0 amide bonds. The van der Waals surface area contributed by atoms with Gasteiger partial charge in [0.25, 0.3) is 0 Å². The van der Waals surface area contributed by atoms with Crippen LogP contribution in [-0.4, -0.2) is 13.1 Å². The van der Waals surface area contributed by atoms with Crippen molar-refractivity contribution < 1.29 is 0 Å². The zero-order valence-electron chi connectivity index (χ0n) is 8.93. The molecular formula is C12H15Cl2N. The first-order chi connectivity index (χ1) is 7.13. The summed E-state index contributed by atoms with van der Waals surface area (Å²) in [6.07, 6.45) is 5.17. The van der Waals surface area contributed by atoms with E-state index in [2.05, 4.69) is 24.4 Å². The van der Waals surface area contributed by atoms with Gasteiger partial charge in [-0.15, -0.1) is 0 Å². The second-order valence-corrected chi connectivity index (χ2v) is 4.32. The Morgan fingerprint density at radius 2 is 2.07 bits per heavy atom. The van der Waals surface area contributed by atoms with Crippen molar-refractivity contribution in [3.63, 3.8) is 0 Å². The van der Waals surface area contributed by atoms with E-state index in [0.29, 0.717) is 16.1 Å². The summed E-state index contributed by atoms with van der Waals surface area (Å²) in [7, 11) is 1.96. The van der Waals surface area contributed by atoms with Crippen molar-refractivity contribution in [3.05, 3.63) is 39.9 Å². The van der Waals surface area contributed by atoms with Gasteiger partial charge in [0, 0.05) is 6.04 Å². The van der Waals surface area contributed by atoms with Crippen LogP contribution >= 0.6 is 23.2 Å². The lowest BCUT2D eigenvalue weighted by Crippen LogP contribution is -2.19. The number of hydrogen-bond acceptors (Lipinski definition) is 1. The van der Waals surface area contributed by atoms with Crippen LogP contribution in [-0.2, 0) is 0 Å². The fourth-order valence-electron chi connectivity index (χ4n) is 1.14. The van der Waals surface area contributed by atoms with Gasteiger partial charge in [-0.1, -0.05) is 41.4 Å². The lowest BCUT2D eigenvalue weighted by molar-refractivity contribution is 0.621. The molecule has 1 N–H and O–H groups in total. The normalized spacial score (nSPS) is 13.3. The number of nitrogens with one attached hydrogen (secondary N) is 1. The predicted molar refractivity (Wildman–Crippen MR) is 68.6 cm³/mol. The van der Waals surface area contributed by atoms with Gasteiger partial charge in [-0.05, 0) is 38.1 Å². The van der Waals surface area contributed by atoms with E-state index in [1.165, 1.54) is 0 Å². The number of halogens is 2. The molecule has 0 heterocycles. The summed E-state index contributed by atoms with van der Waals surface area (Å²) in [6.45, 7) is 2.14. The Labute approximate surface area is 101 Å². The van der Waals surface area contributed by atoms with Crippen molar-refractivity contribution in [3.8, 4) is 0 Å². The smallest absolute Gasteiger partial charge is 0.0598 e. The van der Waals surface area contributed by atoms with Crippen LogP contribution in [0.1, 0.15) is 18.9 Å². The molecule has 0 fully saturated rings. The molecule has 0 saturated heterocycles. The first-order valence-corrected chi connectivity index (χ1v) is 5.68. The van der Waals surface area contributed by atoms with Gasteiger partial charge in [0.1, 0.15) is 0 Å². The van der Waals surface area contributed by atoms with Gasteiger partial charge in [-0.2, -0.15) is 0 Å². The summed E-state index contributed by atoms with van der Waals surface area (Å²) in [4.78, 5) is 0. The van der Waals surface area contributed by atoms with Gasteiger partial charge < -0.3 is 5.32 Å².